The van der Waals surface area contributed by atoms with Crippen LogP contribution in [0.2, 0.25) is 0 Å². The number of imidazole rings is 1. The first-order chi connectivity index (χ1) is 18.6. The summed E-state index contributed by atoms with van der Waals surface area (Å²) in [5.41, 5.74) is 7.12. The number of rotatable bonds is 5. The van der Waals surface area contributed by atoms with E-state index >= 15 is 0 Å². The number of carboxylic acid groups (broad SMARTS) is 1. The number of halogens is 3. The van der Waals surface area contributed by atoms with Crippen LogP contribution in [-0.2, 0) is 4.79 Å². The molecule has 0 saturated carbocycles. The Morgan fingerprint density at radius 1 is 1.05 bits per heavy atom. The number of alkyl halides is 3. The third-order valence-electron chi connectivity index (χ3n) is 5.63. The highest BCUT2D eigenvalue weighted by molar-refractivity contribution is 7.07. The number of benzene rings is 3. The topological polar surface area (TPSA) is 115 Å². The fourth-order valence-electron chi connectivity index (χ4n) is 3.77. The summed E-state index contributed by atoms with van der Waals surface area (Å²) in [6.45, 7) is 2.03. The predicted molar refractivity (Wildman–Crippen MR) is 140 cm³/mol. The summed E-state index contributed by atoms with van der Waals surface area (Å²) in [4.78, 5) is 35.0. The number of aromatic amines is 2. The van der Waals surface area contributed by atoms with Gasteiger partial charge in [-0.1, -0.05) is 48.5 Å². The first-order valence-electron chi connectivity index (χ1n) is 11.6. The van der Waals surface area contributed by atoms with E-state index in [1.54, 1.807) is 21.7 Å². The van der Waals surface area contributed by atoms with Gasteiger partial charge in [-0.25, -0.2) is 19.7 Å². The van der Waals surface area contributed by atoms with Crippen LogP contribution in [0.4, 0.5) is 29.3 Å². The van der Waals surface area contributed by atoms with Crippen LogP contribution in [0, 0.1) is 0 Å². The van der Waals surface area contributed by atoms with Crippen LogP contribution in [0.5, 0.6) is 0 Å². The lowest BCUT2D eigenvalue weighted by Crippen LogP contribution is -2.37. The molecule has 3 N–H and O–H groups in total. The average molecular weight is 554 g/mol. The fourth-order valence-corrected chi connectivity index (χ4v) is 4.31. The van der Waals surface area contributed by atoms with Gasteiger partial charge in [0.25, 0.3) is 0 Å². The summed E-state index contributed by atoms with van der Waals surface area (Å²) in [6, 6.07) is 25.2. The molecule has 8 nitrogen and oxygen atoms in total. The third kappa shape index (κ3) is 6.79. The van der Waals surface area contributed by atoms with Crippen molar-refractivity contribution >= 4 is 45.7 Å². The lowest BCUT2D eigenvalue weighted by atomic mass is 10.1. The highest BCUT2D eigenvalue weighted by Crippen LogP contribution is 2.28. The number of carbonyl (C=O) groups is 2. The molecule has 0 aliphatic rings. The van der Waals surface area contributed by atoms with E-state index in [1.165, 1.54) is 0 Å². The van der Waals surface area contributed by atoms with Crippen LogP contribution >= 0.6 is 11.3 Å². The van der Waals surface area contributed by atoms with Crippen molar-refractivity contribution in [2.75, 3.05) is 10.2 Å². The van der Waals surface area contributed by atoms with Gasteiger partial charge in [0.05, 0.1) is 11.6 Å². The zero-order chi connectivity index (χ0) is 28.0. The van der Waals surface area contributed by atoms with Crippen molar-refractivity contribution in [3.05, 3.63) is 95.3 Å². The molecule has 3 aromatic carbocycles. The van der Waals surface area contributed by atoms with Gasteiger partial charge in [-0.2, -0.15) is 13.2 Å². The Kier molecular flexibility index (Phi) is 8.25. The molecular weight excluding hydrogens is 531 g/mol. The number of thiazole rings is 1. The Labute approximate surface area is 224 Å². The summed E-state index contributed by atoms with van der Waals surface area (Å²) in [6.07, 6.45) is -5.19. The Bertz CT molecular complexity index is 1540. The number of hydrogen-bond donors (Lipinski definition) is 2. The van der Waals surface area contributed by atoms with Gasteiger partial charge in [0.15, 0.2) is 16.7 Å². The lowest BCUT2D eigenvalue weighted by Gasteiger charge is -2.30. The van der Waals surface area contributed by atoms with Crippen molar-refractivity contribution in [2.24, 2.45) is 0 Å². The highest BCUT2D eigenvalue weighted by atomic mass is 32.1. The maximum Gasteiger partial charge on any atom is 0.430 e. The number of carbonyl (C=O) groups excluding carboxylic acids is 2. The number of nitrogens with one attached hydrogen (secondary N) is 3. The van der Waals surface area contributed by atoms with E-state index in [1.807, 2.05) is 91.2 Å². The molecule has 0 radical (unpaired) electrons. The van der Waals surface area contributed by atoms with E-state index in [0.29, 0.717) is 5.69 Å². The molecule has 2 heterocycles. The molecule has 0 spiro atoms. The van der Waals surface area contributed by atoms with Crippen molar-refractivity contribution in [3.8, 4) is 11.5 Å². The van der Waals surface area contributed by atoms with Crippen LogP contribution < -0.4 is 20.3 Å². The molecule has 0 aliphatic carbocycles. The molecule has 0 bridgehead atoms. The number of para-hydroxylation sites is 1. The lowest BCUT2D eigenvalue weighted by molar-refractivity contribution is -0.344. The van der Waals surface area contributed by atoms with E-state index < -0.39 is 12.1 Å². The molecule has 0 fully saturated rings. The SMILES string of the molecule is CC(c1ccccc1)N(C(=O)Nc1ccc2[nH+]c(-c3cscn3)[nH]c2c1)c1ccccc1.O=C([O-])C(F)(F)F. The minimum atomic E-state index is -5.19. The van der Waals surface area contributed by atoms with Gasteiger partial charge in [-0.15, -0.1) is 11.3 Å². The largest absolute Gasteiger partial charge is 0.542 e. The quantitative estimate of drug-likeness (QED) is 0.311. The first-order valence-corrected chi connectivity index (χ1v) is 12.5. The smallest absolute Gasteiger partial charge is 0.430 e. The Hall–Kier alpha value is -4.71. The minimum absolute atomic E-state index is 0.141. The second-order valence-corrected chi connectivity index (χ2v) is 8.99. The number of urea groups is 1. The van der Waals surface area contributed by atoms with Gasteiger partial charge < -0.3 is 15.2 Å². The molecule has 200 valence electrons. The monoisotopic (exact) mass is 553 g/mol. The molecule has 2 aromatic heterocycles. The van der Waals surface area contributed by atoms with Crippen molar-refractivity contribution in [1.29, 1.82) is 0 Å². The Morgan fingerprint density at radius 2 is 1.69 bits per heavy atom. The normalized spacial score (nSPS) is 11.8. The highest BCUT2D eigenvalue weighted by Gasteiger charge is 2.29. The van der Waals surface area contributed by atoms with Crippen molar-refractivity contribution < 1.29 is 32.9 Å². The van der Waals surface area contributed by atoms with Gasteiger partial charge in [0.1, 0.15) is 5.97 Å². The number of fused-ring (bicyclic) bond motifs is 1. The predicted octanol–water partition coefficient (Wildman–Crippen LogP) is 5.20. The Morgan fingerprint density at radius 3 is 2.28 bits per heavy atom. The van der Waals surface area contributed by atoms with Crippen LogP contribution in [0.1, 0.15) is 18.5 Å². The molecule has 2 amide bonds. The van der Waals surface area contributed by atoms with Gasteiger partial charge in [0, 0.05) is 22.8 Å². The number of anilines is 2. The minimum Gasteiger partial charge on any atom is -0.542 e. The van der Waals surface area contributed by atoms with Crippen LogP contribution in [0.3, 0.4) is 0 Å². The average Bonchev–Trinajstić information content (AvgIpc) is 3.60. The number of amides is 2. The van der Waals surface area contributed by atoms with Crippen LogP contribution in [-0.4, -0.2) is 28.1 Å². The van der Waals surface area contributed by atoms with Crippen molar-refractivity contribution in [2.45, 2.75) is 19.1 Å². The van der Waals surface area contributed by atoms with Crippen LogP contribution in [0.15, 0.2) is 89.8 Å². The van der Waals surface area contributed by atoms with E-state index in [2.05, 4.69) is 20.3 Å². The van der Waals surface area contributed by atoms with E-state index in [-0.39, 0.29) is 12.1 Å². The second kappa shape index (κ2) is 11.8. The first kappa shape index (κ1) is 27.3. The molecule has 12 heteroatoms. The number of H-pyrrole nitrogens is 2. The van der Waals surface area contributed by atoms with E-state index in [9.17, 15) is 18.0 Å². The maximum atomic E-state index is 13.4. The summed E-state index contributed by atoms with van der Waals surface area (Å²) in [7, 11) is 0. The fraction of sp³-hybridized carbons (Fsp3) is 0.111. The van der Waals surface area contributed by atoms with E-state index in [4.69, 9.17) is 9.90 Å². The number of aromatic nitrogens is 3. The maximum absolute atomic E-state index is 13.4. The Balaban J connectivity index is 0.000000448. The molecule has 5 aromatic rings. The number of hydrogen-bond acceptors (Lipinski definition) is 5. The van der Waals surface area contributed by atoms with Crippen molar-refractivity contribution in [3.63, 3.8) is 0 Å². The zero-order valence-electron chi connectivity index (χ0n) is 20.4. The van der Waals surface area contributed by atoms with Gasteiger partial charge in [-0.05, 0) is 36.8 Å². The molecule has 1 unspecified atom stereocenters. The summed E-state index contributed by atoms with van der Waals surface area (Å²) in [5, 5.41) is 13.8. The molecule has 0 aliphatic heterocycles. The molecular formula is C27H22F3N5O3S. The molecule has 5 rings (SSSR count). The number of aliphatic carboxylic acids is 1. The van der Waals surface area contributed by atoms with Crippen molar-refractivity contribution in [1.82, 2.24) is 9.97 Å². The summed E-state index contributed by atoms with van der Waals surface area (Å²) in [5.74, 6) is -2.17. The number of carboxylic acids is 1. The zero-order valence-corrected chi connectivity index (χ0v) is 21.2. The molecule has 1 atom stereocenters. The van der Waals surface area contributed by atoms with Gasteiger partial charge in [-0.3, -0.25) is 4.90 Å². The summed E-state index contributed by atoms with van der Waals surface area (Å²) < 4.78 is 31.5. The molecule has 0 saturated heterocycles. The standard InChI is InChI=1S/C25H21N5OS.C2HF3O2/c1-17(18-8-4-2-5-9-18)30(20-10-6-3-7-11-20)25(31)27-19-12-13-21-22(14-19)29-24(28-21)23-15-32-16-26-23;3-2(4,5)1(6)7/h2-17H,1H3,(H,27,31)(H,28,29);(H,6,7). The third-order valence-corrected chi connectivity index (χ3v) is 6.22. The van der Waals surface area contributed by atoms with Gasteiger partial charge in [0.2, 0.25) is 0 Å². The summed E-state index contributed by atoms with van der Waals surface area (Å²) >= 11 is 1.54. The van der Waals surface area contributed by atoms with Gasteiger partial charge >= 0.3 is 18.0 Å². The second-order valence-electron chi connectivity index (χ2n) is 8.27. The van der Waals surface area contributed by atoms with E-state index in [0.717, 1.165) is 33.8 Å². The van der Waals surface area contributed by atoms with Crippen LogP contribution in [0.25, 0.3) is 22.6 Å². The molecule has 39 heavy (non-hydrogen) atoms. The number of nitrogens with zero attached hydrogens (tertiary/aromatic N) is 2.